The zero-order chi connectivity index (χ0) is 22.5. The summed E-state index contributed by atoms with van der Waals surface area (Å²) >= 11 is 0. The van der Waals surface area contributed by atoms with E-state index in [0.29, 0.717) is 17.0 Å². The third-order valence-electron chi connectivity index (χ3n) is 5.88. The van der Waals surface area contributed by atoms with Crippen molar-refractivity contribution in [3.63, 3.8) is 0 Å². The standard InChI is InChI=1S/C27H30N4O/c1-3-31(4-2)17-16-19-10-13-22(14-11-19)29-26(20-8-6-5-7-9-20)25-23-18-21(28)12-15-24(23)30-27(25)32/h5-15,18,30,32H,3-4,16-17,28H2,1-2H3. The number of aromatic hydroxyl groups is 1. The number of H-pyrrole nitrogens is 1. The van der Waals surface area contributed by atoms with E-state index in [0.717, 1.165) is 48.2 Å². The summed E-state index contributed by atoms with van der Waals surface area (Å²) in [5, 5.41) is 11.6. The largest absolute Gasteiger partial charge is 0.494 e. The number of aliphatic imine (C=N–C) groups is 1. The van der Waals surface area contributed by atoms with E-state index in [1.165, 1.54) is 5.56 Å². The maximum Gasteiger partial charge on any atom is 0.199 e. The van der Waals surface area contributed by atoms with E-state index >= 15 is 0 Å². The van der Waals surface area contributed by atoms with Gasteiger partial charge in [0.05, 0.1) is 17.0 Å². The number of nitrogens with one attached hydrogen (secondary N) is 1. The van der Waals surface area contributed by atoms with Crippen LogP contribution >= 0.6 is 0 Å². The number of anilines is 1. The van der Waals surface area contributed by atoms with Crippen LogP contribution in [0.1, 0.15) is 30.5 Å². The van der Waals surface area contributed by atoms with Crippen LogP contribution in [0.4, 0.5) is 11.4 Å². The van der Waals surface area contributed by atoms with Crippen molar-refractivity contribution in [2.75, 3.05) is 25.4 Å². The van der Waals surface area contributed by atoms with Crippen LogP contribution in [0.5, 0.6) is 5.88 Å². The Hall–Kier alpha value is -3.57. The van der Waals surface area contributed by atoms with Gasteiger partial charge in [-0.05, 0) is 55.4 Å². The smallest absolute Gasteiger partial charge is 0.199 e. The number of fused-ring (bicyclic) bond motifs is 1. The zero-order valence-electron chi connectivity index (χ0n) is 18.7. The predicted octanol–water partition coefficient (Wildman–Crippen LogP) is 5.51. The maximum absolute atomic E-state index is 10.8. The molecule has 0 saturated heterocycles. The van der Waals surface area contributed by atoms with Gasteiger partial charge in [0.25, 0.3) is 0 Å². The summed E-state index contributed by atoms with van der Waals surface area (Å²) in [6, 6.07) is 23.8. The Morgan fingerprint density at radius 1 is 0.969 bits per heavy atom. The SMILES string of the molecule is CCN(CC)CCc1ccc(N=C(c2ccccc2)c2c(O)[nH]c3ccc(N)cc23)cc1. The van der Waals surface area contributed by atoms with Crippen molar-refractivity contribution >= 4 is 28.0 Å². The molecule has 164 valence electrons. The minimum atomic E-state index is 0.0871. The number of aromatic nitrogens is 1. The van der Waals surface area contributed by atoms with Crippen molar-refractivity contribution in [2.45, 2.75) is 20.3 Å². The quantitative estimate of drug-likeness (QED) is 0.257. The topological polar surface area (TPSA) is 77.6 Å². The van der Waals surface area contributed by atoms with E-state index in [-0.39, 0.29) is 5.88 Å². The molecule has 4 rings (SSSR count). The zero-order valence-corrected chi connectivity index (χ0v) is 18.7. The van der Waals surface area contributed by atoms with Crippen LogP contribution in [-0.4, -0.2) is 40.3 Å². The van der Waals surface area contributed by atoms with Gasteiger partial charge in [-0.3, -0.25) is 0 Å². The molecule has 0 unspecified atom stereocenters. The molecule has 5 heteroatoms. The van der Waals surface area contributed by atoms with E-state index in [4.69, 9.17) is 10.7 Å². The van der Waals surface area contributed by atoms with Crippen LogP contribution in [0.25, 0.3) is 10.9 Å². The number of benzene rings is 3. The minimum Gasteiger partial charge on any atom is -0.494 e. The average Bonchev–Trinajstić information content (AvgIpc) is 3.14. The Morgan fingerprint density at radius 2 is 1.69 bits per heavy atom. The predicted molar refractivity (Wildman–Crippen MR) is 134 cm³/mol. The normalized spacial score (nSPS) is 12.0. The molecule has 0 bridgehead atoms. The molecule has 0 aliphatic rings. The lowest BCUT2D eigenvalue weighted by molar-refractivity contribution is 0.308. The van der Waals surface area contributed by atoms with Gasteiger partial charge in [-0.2, -0.15) is 0 Å². The molecular weight excluding hydrogens is 396 g/mol. The molecule has 0 aliphatic heterocycles. The second kappa shape index (κ2) is 9.71. The molecule has 0 saturated carbocycles. The van der Waals surface area contributed by atoms with Crippen molar-refractivity contribution in [3.8, 4) is 5.88 Å². The van der Waals surface area contributed by atoms with Crippen molar-refractivity contribution in [3.05, 3.63) is 89.5 Å². The molecule has 4 aromatic rings. The fourth-order valence-electron chi connectivity index (χ4n) is 3.99. The van der Waals surface area contributed by atoms with Gasteiger partial charge in [0.2, 0.25) is 0 Å². The summed E-state index contributed by atoms with van der Waals surface area (Å²) in [5.41, 5.74) is 11.9. The maximum atomic E-state index is 10.8. The van der Waals surface area contributed by atoms with Crippen LogP contribution in [0.15, 0.2) is 77.8 Å². The van der Waals surface area contributed by atoms with Crippen LogP contribution in [-0.2, 0) is 6.42 Å². The number of hydrogen-bond donors (Lipinski definition) is 3. The van der Waals surface area contributed by atoms with E-state index in [1.54, 1.807) is 0 Å². The summed E-state index contributed by atoms with van der Waals surface area (Å²) in [5.74, 6) is 0.0871. The first kappa shape index (κ1) is 21.7. The van der Waals surface area contributed by atoms with Gasteiger partial charge < -0.3 is 20.7 Å². The summed E-state index contributed by atoms with van der Waals surface area (Å²) in [7, 11) is 0. The third-order valence-corrected chi connectivity index (χ3v) is 5.88. The summed E-state index contributed by atoms with van der Waals surface area (Å²) in [4.78, 5) is 10.4. The molecule has 32 heavy (non-hydrogen) atoms. The molecule has 0 amide bonds. The molecule has 0 spiro atoms. The summed E-state index contributed by atoms with van der Waals surface area (Å²) in [6.45, 7) is 7.58. The molecule has 3 aromatic carbocycles. The second-order valence-corrected chi connectivity index (χ2v) is 7.92. The number of nitrogens with zero attached hydrogens (tertiary/aromatic N) is 2. The van der Waals surface area contributed by atoms with Gasteiger partial charge in [-0.25, -0.2) is 4.99 Å². The molecule has 0 radical (unpaired) electrons. The summed E-state index contributed by atoms with van der Waals surface area (Å²) in [6.07, 6.45) is 1.01. The molecule has 0 fully saturated rings. The first-order valence-corrected chi connectivity index (χ1v) is 11.1. The van der Waals surface area contributed by atoms with Crippen LogP contribution < -0.4 is 5.73 Å². The highest BCUT2D eigenvalue weighted by molar-refractivity contribution is 6.22. The number of likely N-dealkylation sites (N-methyl/N-ethyl adjacent to an activating group) is 1. The van der Waals surface area contributed by atoms with Crippen molar-refractivity contribution in [2.24, 2.45) is 4.99 Å². The Kier molecular flexibility index (Phi) is 6.57. The van der Waals surface area contributed by atoms with Gasteiger partial charge in [0, 0.05) is 28.7 Å². The molecule has 4 N–H and O–H groups in total. The fourth-order valence-corrected chi connectivity index (χ4v) is 3.99. The first-order valence-electron chi connectivity index (χ1n) is 11.1. The first-order chi connectivity index (χ1) is 15.6. The highest BCUT2D eigenvalue weighted by Gasteiger charge is 2.18. The van der Waals surface area contributed by atoms with Gasteiger partial charge in [0.15, 0.2) is 5.88 Å². The Bertz CT molecular complexity index is 1210. The van der Waals surface area contributed by atoms with Gasteiger partial charge in [0.1, 0.15) is 0 Å². The second-order valence-electron chi connectivity index (χ2n) is 7.92. The number of aromatic amines is 1. The van der Waals surface area contributed by atoms with Crippen LogP contribution in [0, 0.1) is 0 Å². The lowest BCUT2D eigenvalue weighted by atomic mass is 10.0. The van der Waals surface area contributed by atoms with Crippen molar-refractivity contribution < 1.29 is 5.11 Å². The minimum absolute atomic E-state index is 0.0871. The van der Waals surface area contributed by atoms with Crippen LogP contribution in [0.3, 0.4) is 0 Å². The number of nitrogens with two attached hydrogens (primary N) is 1. The van der Waals surface area contributed by atoms with Gasteiger partial charge in [-0.1, -0.05) is 56.3 Å². The van der Waals surface area contributed by atoms with E-state index in [1.807, 2.05) is 60.7 Å². The van der Waals surface area contributed by atoms with Crippen LogP contribution in [0.2, 0.25) is 0 Å². The number of rotatable bonds is 8. The third kappa shape index (κ3) is 4.68. The number of nitrogen functional groups attached to an aromatic ring is 1. The molecule has 5 nitrogen and oxygen atoms in total. The Morgan fingerprint density at radius 3 is 2.38 bits per heavy atom. The van der Waals surface area contributed by atoms with Gasteiger partial charge in [-0.15, -0.1) is 0 Å². The Labute approximate surface area is 189 Å². The molecule has 0 aliphatic carbocycles. The molecular formula is C27H30N4O. The highest BCUT2D eigenvalue weighted by Crippen LogP contribution is 2.32. The number of hydrogen-bond acceptors (Lipinski definition) is 4. The van der Waals surface area contributed by atoms with Gasteiger partial charge >= 0.3 is 0 Å². The highest BCUT2D eigenvalue weighted by atomic mass is 16.3. The summed E-state index contributed by atoms with van der Waals surface area (Å²) < 4.78 is 0. The molecule has 1 aromatic heterocycles. The monoisotopic (exact) mass is 426 g/mol. The Balaban J connectivity index is 1.73. The molecule has 0 atom stereocenters. The fraction of sp³-hybridized carbons (Fsp3) is 0.222. The lowest BCUT2D eigenvalue weighted by Gasteiger charge is -2.17. The van der Waals surface area contributed by atoms with Crippen molar-refractivity contribution in [1.29, 1.82) is 0 Å². The van der Waals surface area contributed by atoms with E-state index in [9.17, 15) is 5.11 Å². The van der Waals surface area contributed by atoms with Crippen molar-refractivity contribution in [1.82, 2.24) is 9.88 Å². The van der Waals surface area contributed by atoms with E-state index in [2.05, 4.69) is 35.9 Å². The lowest BCUT2D eigenvalue weighted by Crippen LogP contribution is -2.25. The van der Waals surface area contributed by atoms with E-state index < -0.39 is 0 Å². The molecule has 1 heterocycles. The average molecular weight is 427 g/mol.